The van der Waals surface area contributed by atoms with Crippen LogP contribution < -0.4 is 10.1 Å². The van der Waals surface area contributed by atoms with E-state index in [-0.39, 0.29) is 11.8 Å². The first kappa shape index (κ1) is 15.7. The smallest absolute Gasteiger partial charge is 0.160 e. The van der Waals surface area contributed by atoms with Crippen LogP contribution >= 0.6 is 11.8 Å². The summed E-state index contributed by atoms with van der Waals surface area (Å²) in [6, 6.07) is 14.3. The van der Waals surface area contributed by atoms with E-state index in [0.29, 0.717) is 12.3 Å². The van der Waals surface area contributed by atoms with Gasteiger partial charge in [-0.3, -0.25) is 0 Å². The van der Waals surface area contributed by atoms with Crippen LogP contribution in [-0.2, 0) is 6.54 Å². The second kappa shape index (κ2) is 7.38. The quantitative estimate of drug-likeness (QED) is 0.792. The molecule has 0 bridgehead atoms. The number of thioether (sulfide) groups is 1. The van der Waals surface area contributed by atoms with Gasteiger partial charge in [0.2, 0.25) is 0 Å². The summed E-state index contributed by atoms with van der Waals surface area (Å²) in [5, 5.41) is 13.2. The molecule has 2 N–H and O–H groups in total. The molecule has 2 aromatic rings. The molecule has 1 atom stereocenters. The molecule has 0 saturated carbocycles. The Bertz CT molecular complexity index is 584. The highest BCUT2D eigenvalue weighted by atomic mass is 32.2. The molecule has 0 aliphatic rings. The Kier molecular flexibility index (Phi) is 5.53. The second-order valence-electron chi connectivity index (χ2n) is 4.88. The summed E-state index contributed by atoms with van der Waals surface area (Å²) in [6.45, 7) is 2.83. The van der Waals surface area contributed by atoms with Gasteiger partial charge in [-0.2, -0.15) is 0 Å². The number of hydrogen-bond acceptors (Lipinski definition) is 4. The summed E-state index contributed by atoms with van der Waals surface area (Å²) in [5.41, 5.74) is 2.28. The van der Waals surface area contributed by atoms with Gasteiger partial charge in [0.25, 0.3) is 0 Å². The van der Waals surface area contributed by atoms with Gasteiger partial charge in [0.15, 0.2) is 11.5 Å². The highest BCUT2D eigenvalue weighted by Crippen LogP contribution is 2.26. The Hall–Kier alpha value is -1.65. The van der Waals surface area contributed by atoms with Gasteiger partial charge in [-0.05, 0) is 48.6 Å². The first-order valence-corrected chi connectivity index (χ1v) is 8.09. The second-order valence-corrected chi connectivity index (χ2v) is 5.76. The number of nitrogens with one attached hydrogen (secondary N) is 1. The predicted molar refractivity (Wildman–Crippen MR) is 88.1 cm³/mol. The average molecular weight is 303 g/mol. The van der Waals surface area contributed by atoms with Gasteiger partial charge in [0, 0.05) is 17.5 Å². The van der Waals surface area contributed by atoms with Crippen molar-refractivity contribution in [1.29, 1.82) is 0 Å². The van der Waals surface area contributed by atoms with E-state index in [4.69, 9.17) is 4.74 Å². The van der Waals surface area contributed by atoms with Gasteiger partial charge < -0.3 is 15.2 Å². The number of phenols is 1. The Morgan fingerprint density at radius 2 is 1.90 bits per heavy atom. The first-order valence-electron chi connectivity index (χ1n) is 6.87. The minimum Gasteiger partial charge on any atom is -0.504 e. The Balaban J connectivity index is 1.96. The number of aromatic hydroxyl groups is 1. The van der Waals surface area contributed by atoms with Crippen LogP contribution in [0.25, 0.3) is 0 Å². The van der Waals surface area contributed by atoms with Crippen LogP contribution in [-0.4, -0.2) is 18.5 Å². The van der Waals surface area contributed by atoms with E-state index in [1.165, 1.54) is 10.5 Å². The number of phenolic OH excluding ortho intramolecular Hbond substituents is 1. The monoisotopic (exact) mass is 303 g/mol. The molecule has 0 aromatic heterocycles. The fraction of sp³-hybridized carbons (Fsp3) is 0.294. The first-order chi connectivity index (χ1) is 10.1. The zero-order valence-electron chi connectivity index (χ0n) is 12.6. The van der Waals surface area contributed by atoms with E-state index in [1.807, 2.05) is 6.07 Å². The molecule has 21 heavy (non-hydrogen) atoms. The van der Waals surface area contributed by atoms with Gasteiger partial charge in [-0.1, -0.05) is 18.2 Å². The molecule has 2 aromatic carbocycles. The van der Waals surface area contributed by atoms with E-state index in [1.54, 1.807) is 31.0 Å². The van der Waals surface area contributed by atoms with Crippen molar-refractivity contribution in [2.75, 3.05) is 13.4 Å². The lowest BCUT2D eigenvalue weighted by Crippen LogP contribution is -2.17. The maximum atomic E-state index is 9.78. The number of hydrogen-bond donors (Lipinski definition) is 2. The van der Waals surface area contributed by atoms with Crippen molar-refractivity contribution in [3.63, 3.8) is 0 Å². The van der Waals surface area contributed by atoms with Crippen molar-refractivity contribution in [2.24, 2.45) is 0 Å². The Labute approximate surface area is 130 Å². The summed E-state index contributed by atoms with van der Waals surface area (Å²) in [5.74, 6) is 0.674. The lowest BCUT2D eigenvalue weighted by atomic mass is 10.1. The minimum atomic E-state index is 0.175. The summed E-state index contributed by atoms with van der Waals surface area (Å²) in [6.07, 6.45) is 2.08. The zero-order valence-corrected chi connectivity index (χ0v) is 13.4. The molecular weight excluding hydrogens is 282 g/mol. The van der Waals surface area contributed by atoms with Crippen LogP contribution in [0.2, 0.25) is 0 Å². The topological polar surface area (TPSA) is 41.5 Å². The van der Waals surface area contributed by atoms with Crippen molar-refractivity contribution in [1.82, 2.24) is 5.32 Å². The molecule has 4 heteroatoms. The third-order valence-corrected chi connectivity index (χ3v) is 4.22. The highest BCUT2D eigenvalue weighted by molar-refractivity contribution is 7.98. The van der Waals surface area contributed by atoms with Crippen molar-refractivity contribution >= 4 is 11.8 Å². The van der Waals surface area contributed by atoms with Crippen LogP contribution in [0.5, 0.6) is 11.5 Å². The van der Waals surface area contributed by atoms with Crippen LogP contribution in [0.15, 0.2) is 47.4 Å². The molecule has 0 heterocycles. The average Bonchev–Trinajstić information content (AvgIpc) is 2.52. The number of benzene rings is 2. The number of methoxy groups -OCH3 is 1. The van der Waals surface area contributed by atoms with Gasteiger partial charge in [-0.15, -0.1) is 11.8 Å². The predicted octanol–water partition coefficient (Wildman–Crippen LogP) is 3.97. The van der Waals surface area contributed by atoms with Crippen molar-refractivity contribution in [3.05, 3.63) is 53.6 Å². The number of rotatable bonds is 6. The fourth-order valence-corrected chi connectivity index (χ4v) is 2.54. The molecule has 3 nitrogen and oxygen atoms in total. The van der Waals surface area contributed by atoms with E-state index < -0.39 is 0 Å². The molecule has 0 radical (unpaired) electrons. The molecule has 2 rings (SSSR count). The summed E-state index contributed by atoms with van der Waals surface area (Å²) < 4.78 is 5.04. The van der Waals surface area contributed by atoms with E-state index in [2.05, 4.69) is 42.8 Å². The molecule has 0 fully saturated rings. The number of ether oxygens (including phenoxy) is 1. The SMILES string of the molecule is COc1ccc(CNC(C)c2ccc(SC)cc2)cc1O. The molecule has 0 saturated heterocycles. The maximum absolute atomic E-state index is 9.78. The molecule has 0 amide bonds. The van der Waals surface area contributed by atoms with Crippen LogP contribution in [0.3, 0.4) is 0 Å². The molecule has 0 aliphatic carbocycles. The molecule has 0 aliphatic heterocycles. The van der Waals surface area contributed by atoms with Gasteiger partial charge >= 0.3 is 0 Å². The Morgan fingerprint density at radius 1 is 1.19 bits per heavy atom. The van der Waals surface area contributed by atoms with Crippen LogP contribution in [0.1, 0.15) is 24.1 Å². The largest absolute Gasteiger partial charge is 0.504 e. The summed E-state index contributed by atoms with van der Waals surface area (Å²) >= 11 is 1.74. The van der Waals surface area contributed by atoms with Gasteiger partial charge in [0.05, 0.1) is 7.11 Å². The van der Waals surface area contributed by atoms with Crippen LogP contribution in [0.4, 0.5) is 0 Å². The van der Waals surface area contributed by atoms with Gasteiger partial charge in [0.1, 0.15) is 0 Å². The van der Waals surface area contributed by atoms with E-state index in [9.17, 15) is 5.11 Å². The standard InChI is InChI=1S/C17H21NO2S/c1-12(14-5-7-15(21-3)8-6-14)18-11-13-4-9-17(20-2)16(19)10-13/h4-10,12,18-19H,11H2,1-3H3. The lowest BCUT2D eigenvalue weighted by molar-refractivity contribution is 0.373. The molecule has 0 spiro atoms. The highest BCUT2D eigenvalue weighted by Gasteiger charge is 2.07. The lowest BCUT2D eigenvalue weighted by Gasteiger charge is -2.15. The van der Waals surface area contributed by atoms with Crippen LogP contribution in [0, 0.1) is 0 Å². The third kappa shape index (κ3) is 4.16. The van der Waals surface area contributed by atoms with E-state index in [0.717, 1.165) is 5.56 Å². The third-order valence-electron chi connectivity index (χ3n) is 3.47. The minimum absolute atomic E-state index is 0.175. The van der Waals surface area contributed by atoms with Crippen molar-refractivity contribution in [2.45, 2.75) is 24.4 Å². The normalized spacial score (nSPS) is 12.1. The fourth-order valence-electron chi connectivity index (χ4n) is 2.13. The van der Waals surface area contributed by atoms with E-state index >= 15 is 0 Å². The molecule has 1 unspecified atom stereocenters. The summed E-state index contributed by atoms with van der Waals surface area (Å²) in [7, 11) is 1.55. The van der Waals surface area contributed by atoms with Crippen molar-refractivity contribution < 1.29 is 9.84 Å². The molecular formula is C17H21NO2S. The summed E-state index contributed by atoms with van der Waals surface area (Å²) in [4.78, 5) is 1.27. The maximum Gasteiger partial charge on any atom is 0.160 e. The van der Waals surface area contributed by atoms with Crippen molar-refractivity contribution in [3.8, 4) is 11.5 Å². The Morgan fingerprint density at radius 3 is 2.48 bits per heavy atom. The zero-order chi connectivity index (χ0) is 15.2. The molecule has 112 valence electrons. The van der Waals surface area contributed by atoms with Gasteiger partial charge in [-0.25, -0.2) is 0 Å².